The van der Waals surface area contributed by atoms with Crippen LogP contribution in [0.1, 0.15) is 13.8 Å². The molecule has 0 amide bonds. The van der Waals surface area contributed by atoms with Crippen LogP contribution in [0.15, 0.2) is 6.07 Å². The van der Waals surface area contributed by atoms with Gasteiger partial charge in [-0.1, -0.05) is 6.92 Å². The largest absolute Gasteiger partial charge is 0.481 e. The van der Waals surface area contributed by atoms with Gasteiger partial charge >= 0.3 is 0 Å². The summed E-state index contributed by atoms with van der Waals surface area (Å²) in [6.07, 6.45) is 0. The quantitative estimate of drug-likeness (QED) is 0.807. The van der Waals surface area contributed by atoms with Crippen molar-refractivity contribution in [3.63, 3.8) is 0 Å². The Hall–Kier alpha value is -1.17. The number of hydrogen-bond donors (Lipinski definition) is 1. The number of thioether (sulfide) groups is 1. The van der Waals surface area contributed by atoms with E-state index in [0.29, 0.717) is 23.8 Å². The van der Waals surface area contributed by atoms with E-state index in [4.69, 9.17) is 9.47 Å². The van der Waals surface area contributed by atoms with Crippen LogP contribution in [0.25, 0.3) is 0 Å². The smallest absolute Gasteiger partial charge is 0.229 e. The number of aromatic nitrogens is 2. The molecule has 0 aliphatic carbocycles. The normalized spacial score (nSPS) is 12.0. The summed E-state index contributed by atoms with van der Waals surface area (Å²) in [5.41, 5.74) is 0. The first-order chi connectivity index (χ1) is 8.19. The first kappa shape index (κ1) is 13.9. The molecule has 0 aliphatic heterocycles. The molecule has 0 aromatic carbocycles. The van der Waals surface area contributed by atoms with Crippen molar-refractivity contribution >= 4 is 17.7 Å². The lowest BCUT2D eigenvalue weighted by Crippen LogP contribution is -2.20. The van der Waals surface area contributed by atoms with Crippen LogP contribution in [-0.4, -0.2) is 41.7 Å². The van der Waals surface area contributed by atoms with E-state index < -0.39 is 0 Å². The maximum atomic E-state index is 5.08. The molecule has 0 aliphatic rings. The fourth-order valence-corrected chi connectivity index (χ4v) is 1.91. The summed E-state index contributed by atoms with van der Waals surface area (Å²) in [5, 5.41) is 3.22. The van der Waals surface area contributed by atoms with Gasteiger partial charge in [0.1, 0.15) is 0 Å². The fraction of sp³-hybridized carbons (Fsp3) is 0.636. The molecule has 1 atom stereocenters. The average molecular weight is 257 g/mol. The molecule has 1 aromatic rings. The van der Waals surface area contributed by atoms with Gasteiger partial charge in [-0.05, 0) is 12.7 Å². The van der Waals surface area contributed by atoms with Gasteiger partial charge in [0, 0.05) is 11.8 Å². The molecule has 0 radical (unpaired) electrons. The molecule has 0 saturated heterocycles. The fourth-order valence-electron chi connectivity index (χ4n) is 1.23. The topological polar surface area (TPSA) is 56.3 Å². The molecule has 96 valence electrons. The highest BCUT2D eigenvalue weighted by molar-refractivity contribution is 7.99. The van der Waals surface area contributed by atoms with E-state index in [1.54, 1.807) is 20.3 Å². The third kappa shape index (κ3) is 4.68. The van der Waals surface area contributed by atoms with E-state index in [2.05, 4.69) is 29.1 Å². The number of hydrogen-bond acceptors (Lipinski definition) is 6. The minimum absolute atomic E-state index is 0.303. The maximum Gasteiger partial charge on any atom is 0.229 e. The molecule has 6 heteroatoms. The van der Waals surface area contributed by atoms with E-state index in [-0.39, 0.29) is 0 Å². The lowest BCUT2D eigenvalue weighted by molar-refractivity contribution is 0.372. The van der Waals surface area contributed by atoms with Crippen molar-refractivity contribution in [1.29, 1.82) is 0 Å². The molecule has 5 nitrogen and oxygen atoms in total. The van der Waals surface area contributed by atoms with Gasteiger partial charge in [-0.2, -0.15) is 21.7 Å². The van der Waals surface area contributed by atoms with Gasteiger partial charge in [-0.3, -0.25) is 0 Å². The summed E-state index contributed by atoms with van der Waals surface area (Å²) in [7, 11) is 3.14. The van der Waals surface area contributed by atoms with E-state index >= 15 is 0 Å². The highest BCUT2D eigenvalue weighted by Gasteiger charge is 2.08. The lowest BCUT2D eigenvalue weighted by Gasteiger charge is -2.14. The van der Waals surface area contributed by atoms with Crippen LogP contribution >= 0.6 is 11.8 Å². The molecular weight excluding hydrogens is 238 g/mol. The number of anilines is 1. The minimum atomic E-state index is 0.303. The van der Waals surface area contributed by atoms with Gasteiger partial charge in [0.25, 0.3) is 0 Å². The SMILES string of the molecule is CCSCC(C)Nc1nc(OC)cc(OC)n1. The summed E-state index contributed by atoms with van der Waals surface area (Å²) in [6, 6.07) is 1.95. The summed E-state index contributed by atoms with van der Waals surface area (Å²) in [4.78, 5) is 8.43. The zero-order valence-electron chi connectivity index (χ0n) is 10.7. The average Bonchev–Trinajstić information content (AvgIpc) is 2.35. The number of nitrogens with one attached hydrogen (secondary N) is 1. The van der Waals surface area contributed by atoms with Crippen LogP contribution in [0, 0.1) is 0 Å². The van der Waals surface area contributed by atoms with Gasteiger partial charge in [0.15, 0.2) is 0 Å². The third-order valence-corrected chi connectivity index (χ3v) is 3.19. The third-order valence-electron chi connectivity index (χ3n) is 2.04. The minimum Gasteiger partial charge on any atom is -0.481 e. The van der Waals surface area contributed by atoms with Crippen molar-refractivity contribution in [2.45, 2.75) is 19.9 Å². The molecule has 1 heterocycles. The second-order valence-electron chi connectivity index (χ2n) is 3.48. The highest BCUT2D eigenvalue weighted by Crippen LogP contribution is 2.18. The molecule has 1 unspecified atom stereocenters. The maximum absolute atomic E-state index is 5.08. The summed E-state index contributed by atoms with van der Waals surface area (Å²) >= 11 is 1.87. The molecule has 0 spiro atoms. The Morgan fingerprint density at radius 1 is 1.29 bits per heavy atom. The Kier molecular flexibility index (Phi) is 5.90. The van der Waals surface area contributed by atoms with E-state index in [0.717, 1.165) is 11.5 Å². The summed E-state index contributed by atoms with van der Waals surface area (Å²) in [5.74, 6) is 3.64. The Labute approximate surface area is 106 Å². The Bertz CT molecular complexity index is 327. The van der Waals surface area contributed by atoms with E-state index in [1.165, 1.54) is 0 Å². The Morgan fingerprint density at radius 3 is 2.35 bits per heavy atom. The monoisotopic (exact) mass is 257 g/mol. The summed E-state index contributed by atoms with van der Waals surface area (Å²) in [6.45, 7) is 4.24. The molecule has 1 aromatic heterocycles. The van der Waals surface area contributed by atoms with Gasteiger partial charge in [-0.15, -0.1) is 0 Å². The van der Waals surface area contributed by atoms with Crippen LogP contribution in [0.3, 0.4) is 0 Å². The van der Waals surface area contributed by atoms with Gasteiger partial charge in [-0.25, -0.2) is 0 Å². The number of ether oxygens (including phenoxy) is 2. The van der Waals surface area contributed by atoms with E-state index in [9.17, 15) is 0 Å². The van der Waals surface area contributed by atoms with E-state index in [1.807, 2.05) is 11.8 Å². The van der Waals surface area contributed by atoms with Gasteiger partial charge in [0.05, 0.1) is 20.3 Å². The Balaban J connectivity index is 2.68. The molecule has 0 bridgehead atoms. The second-order valence-corrected chi connectivity index (χ2v) is 4.80. The summed E-state index contributed by atoms with van der Waals surface area (Å²) < 4.78 is 10.2. The number of nitrogens with zero attached hydrogens (tertiary/aromatic N) is 2. The van der Waals surface area contributed by atoms with Crippen molar-refractivity contribution in [1.82, 2.24) is 9.97 Å². The molecule has 0 fully saturated rings. The lowest BCUT2D eigenvalue weighted by atomic mass is 10.4. The molecule has 0 saturated carbocycles. The predicted molar refractivity (Wildman–Crippen MR) is 71.2 cm³/mol. The first-order valence-corrected chi connectivity index (χ1v) is 6.66. The number of methoxy groups -OCH3 is 2. The predicted octanol–water partition coefficient (Wildman–Crippen LogP) is 2.05. The van der Waals surface area contributed by atoms with Crippen molar-refractivity contribution in [3.8, 4) is 11.8 Å². The van der Waals surface area contributed by atoms with Crippen molar-refractivity contribution in [2.75, 3.05) is 31.0 Å². The van der Waals surface area contributed by atoms with Crippen molar-refractivity contribution in [3.05, 3.63) is 6.07 Å². The van der Waals surface area contributed by atoms with Crippen molar-refractivity contribution < 1.29 is 9.47 Å². The van der Waals surface area contributed by atoms with Crippen LogP contribution < -0.4 is 14.8 Å². The highest BCUT2D eigenvalue weighted by atomic mass is 32.2. The molecule has 17 heavy (non-hydrogen) atoms. The van der Waals surface area contributed by atoms with Crippen LogP contribution in [0.5, 0.6) is 11.8 Å². The zero-order valence-corrected chi connectivity index (χ0v) is 11.5. The standard InChI is InChI=1S/C11H19N3O2S/c1-5-17-7-8(2)12-11-13-9(15-3)6-10(14-11)16-4/h6,8H,5,7H2,1-4H3,(H,12,13,14). The van der Waals surface area contributed by atoms with Gasteiger partial charge in [0.2, 0.25) is 17.7 Å². The molecule has 1 N–H and O–H groups in total. The van der Waals surface area contributed by atoms with Crippen LogP contribution in [0.4, 0.5) is 5.95 Å². The number of rotatable bonds is 7. The van der Waals surface area contributed by atoms with Gasteiger partial charge < -0.3 is 14.8 Å². The van der Waals surface area contributed by atoms with Crippen LogP contribution in [0.2, 0.25) is 0 Å². The molecule has 1 rings (SSSR count). The first-order valence-electron chi connectivity index (χ1n) is 5.51. The van der Waals surface area contributed by atoms with Crippen LogP contribution in [-0.2, 0) is 0 Å². The Morgan fingerprint density at radius 2 is 1.88 bits per heavy atom. The second kappa shape index (κ2) is 7.21. The van der Waals surface area contributed by atoms with Crippen molar-refractivity contribution in [2.24, 2.45) is 0 Å². The zero-order chi connectivity index (χ0) is 12.7. The molecular formula is C11H19N3O2S.